The Morgan fingerprint density at radius 3 is 2.79 bits per heavy atom. The van der Waals surface area contributed by atoms with Gasteiger partial charge in [0.25, 0.3) is 0 Å². The predicted octanol–water partition coefficient (Wildman–Crippen LogP) is 2.92. The van der Waals surface area contributed by atoms with Crippen molar-refractivity contribution in [3.63, 3.8) is 0 Å². The first-order chi connectivity index (χ1) is 13.9. The number of amidine groups is 1. The molecule has 0 saturated carbocycles. The molecule has 1 aliphatic rings. The van der Waals surface area contributed by atoms with Crippen molar-refractivity contribution in [1.82, 2.24) is 15.0 Å². The van der Waals surface area contributed by atoms with Gasteiger partial charge in [0.15, 0.2) is 5.78 Å². The molecule has 1 aliphatic heterocycles. The molecule has 0 saturated heterocycles. The van der Waals surface area contributed by atoms with Crippen LogP contribution >= 0.6 is 0 Å². The van der Waals surface area contributed by atoms with E-state index < -0.39 is 5.54 Å². The molecule has 3 aromatic rings. The molecule has 0 aliphatic carbocycles. The van der Waals surface area contributed by atoms with E-state index in [-0.39, 0.29) is 23.7 Å². The fourth-order valence-electron chi connectivity index (χ4n) is 3.61. The molecule has 0 bridgehead atoms. The highest BCUT2D eigenvalue weighted by molar-refractivity contribution is 5.99. The molecule has 0 radical (unpaired) electrons. The Kier molecular flexibility index (Phi) is 4.66. The first-order valence-corrected chi connectivity index (χ1v) is 9.25. The van der Waals surface area contributed by atoms with Gasteiger partial charge in [0, 0.05) is 42.6 Å². The molecule has 1 atom stereocenters. The topological polar surface area (TPSA) is 94.1 Å². The van der Waals surface area contributed by atoms with E-state index in [0.717, 1.165) is 16.8 Å². The number of nitrogens with zero attached hydrogens (tertiary/aromatic N) is 4. The Balaban J connectivity index is 1.66. The van der Waals surface area contributed by atoms with Crippen molar-refractivity contribution >= 4 is 11.6 Å². The van der Waals surface area contributed by atoms with Gasteiger partial charge in [0.1, 0.15) is 17.3 Å². The zero-order valence-electron chi connectivity index (χ0n) is 16.2. The normalized spacial score (nSPS) is 18.1. The molecule has 0 amide bonds. The fraction of sp³-hybridized carbons (Fsp3) is 0.227. The third-order valence-electron chi connectivity index (χ3n) is 5.13. The minimum atomic E-state index is -0.870. The number of fused-ring (bicyclic) bond motifs is 1. The number of hydrogen-bond donors (Lipinski definition) is 1. The molecule has 2 aromatic heterocycles. The monoisotopic (exact) mass is 389 g/mol. The summed E-state index contributed by atoms with van der Waals surface area (Å²) < 4.78 is 14.8. The first-order valence-electron chi connectivity index (χ1n) is 9.25. The first kappa shape index (κ1) is 18.9. The molecule has 1 aromatic carbocycles. The molecule has 4 rings (SSSR count). The maximum absolute atomic E-state index is 14.8. The average molecular weight is 389 g/mol. The number of pyridine rings is 1. The Morgan fingerprint density at radius 2 is 2.03 bits per heavy atom. The number of nitrogens with two attached hydrogens (primary N) is 1. The van der Waals surface area contributed by atoms with Crippen LogP contribution in [-0.4, -0.2) is 26.6 Å². The van der Waals surface area contributed by atoms with Gasteiger partial charge >= 0.3 is 0 Å². The molecule has 1 unspecified atom stereocenters. The van der Waals surface area contributed by atoms with E-state index in [9.17, 15) is 9.18 Å². The number of hydrogen-bond acceptors (Lipinski definition) is 6. The summed E-state index contributed by atoms with van der Waals surface area (Å²) in [6.07, 6.45) is 6.95. The van der Waals surface area contributed by atoms with Crippen molar-refractivity contribution in [3.05, 3.63) is 88.5 Å². The predicted molar refractivity (Wildman–Crippen MR) is 107 cm³/mol. The van der Waals surface area contributed by atoms with Gasteiger partial charge in [0.05, 0.1) is 17.4 Å². The molecular formula is C22H20FN5O. The molecule has 0 spiro atoms. The maximum Gasteiger partial charge on any atom is 0.187 e. The van der Waals surface area contributed by atoms with Crippen LogP contribution in [0.15, 0.2) is 54.0 Å². The van der Waals surface area contributed by atoms with Crippen LogP contribution in [0.5, 0.6) is 0 Å². The van der Waals surface area contributed by atoms with Crippen LogP contribution in [0.1, 0.15) is 45.4 Å². The van der Waals surface area contributed by atoms with Gasteiger partial charge in [0.2, 0.25) is 0 Å². The standard InChI is InChI=1S/C22H20FN5O/c1-13-10-27-19(12-26-13)20(29)8-14-3-4-18(23)17(7-14)22(2)9-15-5-6-25-11-16(15)21(24)28-22/h3-7,10-12H,8-9H2,1-2H3,(H2,24,28). The van der Waals surface area contributed by atoms with Crippen LogP contribution < -0.4 is 5.73 Å². The highest BCUT2D eigenvalue weighted by atomic mass is 19.1. The molecule has 2 N–H and O–H groups in total. The number of ketones is 1. The van der Waals surface area contributed by atoms with Crippen LogP contribution in [0, 0.1) is 12.7 Å². The summed E-state index contributed by atoms with van der Waals surface area (Å²) in [5, 5.41) is 0. The Morgan fingerprint density at radius 1 is 1.21 bits per heavy atom. The van der Waals surface area contributed by atoms with Crippen molar-refractivity contribution < 1.29 is 9.18 Å². The van der Waals surface area contributed by atoms with Gasteiger partial charge in [-0.2, -0.15) is 0 Å². The summed E-state index contributed by atoms with van der Waals surface area (Å²) in [5.74, 6) is -0.228. The summed E-state index contributed by atoms with van der Waals surface area (Å²) in [5.41, 5.74) is 9.12. The van der Waals surface area contributed by atoms with Gasteiger partial charge in [-0.05, 0) is 43.2 Å². The molecule has 3 heterocycles. The van der Waals surface area contributed by atoms with Crippen LogP contribution in [0.4, 0.5) is 4.39 Å². The summed E-state index contributed by atoms with van der Waals surface area (Å²) in [6, 6.07) is 6.54. The highest BCUT2D eigenvalue weighted by Crippen LogP contribution is 2.36. The van der Waals surface area contributed by atoms with Crippen molar-refractivity contribution in [3.8, 4) is 0 Å². The quantitative estimate of drug-likeness (QED) is 0.693. The second-order valence-electron chi connectivity index (χ2n) is 7.44. The Labute approximate surface area is 167 Å². The van der Waals surface area contributed by atoms with Crippen LogP contribution in [0.2, 0.25) is 0 Å². The summed E-state index contributed by atoms with van der Waals surface area (Å²) >= 11 is 0. The van der Waals surface area contributed by atoms with E-state index in [1.807, 2.05) is 13.0 Å². The molecular weight excluding hydrogens is 369 g/mol. The summed E-state index contributed by atoms with van der Waals surface area (Å²) in [4.78, 5) is 29.4. The van der Waals surface area contributed by atoms with Crippen LogP contribution in [-0.2, 0) is 18.4 Å². The lowest BCUT2D eigenvalue weighted by molar-refractivity contribution is 0.0987. The van der Waals surface area contributed by atoms with Gasteiger partial charge in [-0.1, -0.05) is 6.07 Å². The second-order valence-corrected chi connectivity index (χ2v) is 7.44. The minimum Gasteiger partial charge on any atom is -0.383 e. The lowest BCUT2D eigenvalue weighted by atomic mass is 9.81. The number of rotatable bonds is 4. The third kappa shape index (κ3) is 3.63. The highest BCUT2D eigenvalue weighted by Gasteiger charge is 2.34. The van der Waals surface area contributed by atoms with Gasteiger partial charge in [-0.3, -0.25) is 19.8 Å². The van der Waals surface area contributed by atoms with Gasteiger partial charge < -0.3 is 5.73 Å². The number of aromatic nitrogens is 3. The largest absolute Gasteiger partial charge is 0.383 e. The fourth-order valence-corrected chi connectivity index (χ4v) is 3.61. The number of aryl methyl sites for hydroxylation is 1. The zero-order chi connectivity index (χ0) is 20.6. The lowest BCUT2D eigenvalue weighted by Gasteiger charge is -2.32. The second kappa shape index (κ2) is 7.16. The minimum absolute atomic E-state index is 0.0980. The molecule has 29 heavy (non-hydrogen) atoms. The van der Waals surface area contributed by atoms with Crippen LogP contribution in [0.25, 0.3) is 0 Å². The van der Waals surface area contributed by atoms with Crippen molar-refractivity contribution in [2.24, 2.45) is 10.7 Å². The molecule has 146 valence electrons. The van der Waals surface area contributed by atoms with Gasteiger partial charge in [-0.25, -0.2) is 9.37 Å². The Bertz CT molecular complexity index is 1130. The van der Waals surface area contributed by atoms with E-state index in [4.69, 9.17) is 5.73 Å². The van der Waals surface area contributed by atoms with Crippen LogP contribution in [0.3, 0.4) is 0 Å². The molecule has 7 heteroatoms. The number of carbonyl (C=O) groups is 1. The van der Waals surface area contributed by atoms with E-state index in [0.29, 0.717) is 23.4 Å². The van der Waals surface area contributed by atoms with E-state index in [2.05, 4.69) is 19.9 Å². The van der Waals surface area contributed by atoms with Crippen molar-refractivity contribution in [2.75, 3.05) is 0 Å². The van der Waals surface area contributed by atoms with Gasteiger partial charge in [-0.15, -0.1) is 0 Å². The summed E-state index contributed by atoms with van der Waals surface area (Å²) in [6.45, 7) is 3.65. The average Bonchev–Trinajstić information content (AvgIpc) is 2.69. The number of Topliss-reactive ketones (excluding diaryl/α,β-unsaturated/α-hetero) is 1. The third-order valence-corrected chi connectivity index (χ3v) is 5.13. The van der Waals surface area contributed by atoms with Crippen molar-refractivity contribution in [1.29, 1.82) is 0 Å². The summed E-state index contributed by atoms with van der Waals surface area (Å²) in [7, 11) is 0. The van der Waals surface area contributed by atoms with E-state index in [1.165, 1.54) is 12.3 Å². The smallest absolute Gasteiger partial charge is 0.187 e. The maximum atomic E-state index is 14.8. The van der Waals surface area contributed by atoms with Crippen molar-refractivity contribution in [2.45, 2.75) is 32.2 Å². The Hall–Kier alpha value is -3.48. The number of aliphatic imine (C=N–C) groups is 1. The zero-order valence-corrected chi connectivity index (χ0v) is 16.2. The van der Waals surface area contributed by atoms with E-state index >= 15 is 0 Å². The number of halogens is 1. The SMILES string of the molecule is Cc1cnc(C(=O)Cc2ccc(F)c(C3(C)Cc4ccncc4C(N)=N3)c2)cn1. The molecule has 6 nitrogen and oxygen atoms in total. The van der Waals surface area contributed by atoms with E-state index in [1.54, 1.807) is 37.6 Å². The lowest BCUT2D eigenvalue weighted by Crippen LogP contribution is -2.34. The number of benzene rings is 1. The number of carbonyl (C=O) groups excluding carboxylic acids is 1. The molecule has 0 fully saturated rings.